The molecule has 0 fully saturated rings. The molecule has 0 amide bonds. The first kappa shape index (κ1) is 18.5. The Morgan fingerprint density at radius 1 is 1.12 bits per heavy atom. The van der Waals surface area contributed by atoms with Crippen molar-refractivity contribution in [3.63, 3.8) is 0 Å². The van der Waals surface area contributed by atoms with Gasteiger partial charge >= 0.3 is 5.97 Å². The predicted molar refractivity (Wildman–Crippen MR) is 101 cm³/mol. The molecule has 0 aliphatic heterocycles. The molecule has 130 valence electrons. The maximum atomic E-state index is 12.3. The van der Waals surface area contributed by atoms with Crippen LogP contribution in [-0.2, 0) is 4.74 Å². The van der Waals surface area contributed by atoms with Gasteiger partial charge in [0.1, 0.15) is 11.3 Å². The van der Waals surface area contributed by atoms with Crippen LogP contribution < -0.4 is 10.1 Å². The largest absolute Gasteiger partial charge is 0.495 e. The number of hydrogen-bond donors (Lipinski definition) is 1. The van der Waals surface area contributed by atoms with Gasteiger partial charge in [0, 0.05) is 11.6 Å². The fourth-order valence-corrected chi connectivity index (χ4v) is 2.52. The smallest absolute Gasteiger partial charge is 0.341 e. The molecule has 0 unspecified atom stereocenters. The van der Waals surface area contributed by atoms with Gasteiger partial charge in [0.25, 0.3) is 0 Å². The van der Waals surface area contributed by atoms with E-state index >= 15 is 0 Å². The second kappa shape index (κ2) is 8.35. The van der Waals surface area contributed by atoms with Crippen molar-refractivity contribution in [2.75, 3.05) is 19.0 Å². The number of nitrogens with zero attached hydrogens (tertiary/aromatic N) is 1. The van der Waals surface area contributed by atoms with Gasteiger partial charge in [0.15, 0.2) is 0 Å². The third kappa shape index (κ3) is 3.83. The fraction of sp³-hybridized carbons (Fsp3) is 0.158. The number of ether oxygens (including phenoxy) is 2. The summed E-state index contributed by atoms with van der Waals surface area (Å²) in [6.07, 6.45) is 1.54. The number of para-hydroxylation sites is 3. The van der Waals surface area contributed by atoms with Gasteiger partial charge in [-0.1, -0.05) is 30.3 Å². The SMILES string of the molecule is CCOC(=O)c1cnc2ccccc2c1Nc1ccccc1OC.Cl. The number of benzene rings is 2. The summed E-state index contributed by atoms with van der Waals surface area (Å²) < 4.78 is 10.5. The summed E-state index contributed by atoms with van der Waals surface area (Å²) >= 11 is 0. The molecule has 0 spiro atoms. The third-order valence-corrected chi connectivity index (χ3v) is 3.64. The lowest BCUT2D eigenvalue weighted by molar-refractivity contribution is 0.0527. The van der Waals surface area contributed by atoms with Crippen molar-refractivity contribution in [3.05, 3.63) is 60.3 Å². The van der Waals surface area contributed by atoms with Crippen molar-refractivity contribution >= 4 is 40.7 Å². The summed E-state index contributed by atoms with van der Waals surface area (Å²) in [6.45, 7) is 2.08. The highest BCUT2D eigenvalue weighted by molar-refractivity contribution is 6.06. The lowest BCUT2D eigenvalue weighted by atomic mass is 10.1. The first-order valence-corrected chi connectivity index (χ1v) is 7.69. The normalized spacial score (nSPS) is 10.0. The van der Waals surface area contributed by atoms with Crippen molar-refractivity contribution in [2.45, 2.75) is 6.92 Å². The topological polar surface area (TPSA) is 60.5 Å². The minimum atomic E-state index is -0.409. The fourth-order valence-electron chi connectivity index (χ4n) is 2.52. The number of carbonyl (C=O) groups is 1. The monoisotopic (exact) mass is 358 g/mol. The van der Waals surface area contributed by atoms with Crippen LogP contribution in [0.1, 0.15) is 17.3 Å². The van der Waals surface area contributed by atoms with E-state index in [-0.39, 0.29) is 12.4 Å². The highest BCUT2D eigenvalue weighted by atomic mass is 35.5. The van der Waals surface area contributed by atoms with Crippen molar-refractivity contribution in [1.82, 2.24) is 4.98 Å². The van der Waals surface area contributed by atoms with E-state index in [4.69, 9.17) is 9.47 Å². The molecule has 1 N–H and O–H groups in total. The molecule has 1 aromatic heterocycles. The molecule has 0 bridgehead atoms. The van der Waals surface area contributed by atoms with Crippen LogP contribution in [0, 0.1) is 0 Å². The van der Waals surface area contributed by atoms with Crippen LogP contribution in [0.15, 0.2) is 54.7 Å². The Balaban J connectivity index is 0.00000225. The Labute approximate surface area is 152 Å². The van der Waals surface area contributed by atoms with Crippen molar-refractivity contribution in [2.24, 2.45) is 0 Å². The Morgan fingerprint density at radius 2 is 1.84 bits per heavy atom. The van der Waals surface area contributed by atoms with Gasteiger partial charge < -0.3 is 14.8 Å². The summed E-state index contributed by atoms with van der Waals surface area (Å²) in [5, 5.41) is 4.15. The molecule has 5 nitrogen and oxygen atoms in total. The molecule has 0 aliphatic carbocycles. The first-order valence-electron chi connectivity index (χ1n) is 7.69. The predicted octanol–water partition coefficient (Wildman–Crippen LogP) is 4.59. The van der Waals surface area contributed by atoms with Crippen LogP contribution in [0.25, 0.3) is 10.9 Å². The maximum absolute atomic E-state index is 12.3. The minimum Gasteiger partial charge on any atom is -0.495 e. The van der Waals surface area contributed by atoms with Gasteiger partial charge in [0.2, 0.25) is 0 Å². The Bertz CT molecular complexity index is 883. The van der Waals surface area contributed by atoms with Crippen molar-refractivity contribution < 1.29 is 14.3 Å². The number of fused-ring (bicyclic) bond motifs is 1. The van der Waals surface area contributed by atoms with Crippen LogP contribution in [0.4, 0.5) is 11.4 Å². The number of halogens is 1. The zero-order valence-corrected chi connectivity index (χ0v) is 14.8. The highest BCUT2D eigenvalue weighted by Gasteiger charge is 2.17. The molecule has 25 heavy (non-hydrogen) atoms. The van der Waals surface area contributed by atoms with Crippen LogP contribution in [-0.4, -0.2) is 24.7 Å². The molecular weight excluding hydrogens is 340 g/mol. The van der Waals surface area contributed by atoms with Gasteiger partial charge in [-0.05, 0) is 25.1 Å². The number of esters is 1. The summed E-state index contributed by atoms with van der Waals surface area (Å²) in [5.74, 6) is 0.279. The summed E-state index contributed by atoms with van der Waals surface area (Å²) in [6, 6.07) is 15.2. The van der Waals surface area contributed by atoms with Crippen molar-refractivity contribution in [3.8, 4) is 5.75 Å². The molecule has 0 radical (unpaired) electrons. The van der Waals surface area contributed by atoms with E-state index in [1.54, 1.807) is 14.0 Å². The van der Waals surface area contributed by atoms with E-state index in [0.717, 1.165) is 16.6 Å². The lowest BCUT2D eigenvalue weighted by Crippen LogP contribution is -2.09. The van der Waals surface area contributed by atoms with Crippen LogP contribution in [0.3, 0.4) is 0 Å². The summed E-state index contributed by atoms with van der Waals surface area (Å²) in [5.41, 5.74) is 2.61. The van der Waals surface area contributed by atoms with E-state index in [0.29, 0.717) is 23.6 Å². The quantitative estimate of drug-likeness (QED) is 0.676. The van der Waals surface area contributed by atoms with Gasteiger partial charge in [0.05, 0.1) is 30.6 Å². The molecule has 2 aromatic carbocycles. The van der Waals surface area contributed by atoms with Crippen LogP contribution >= 0.6 is 12.4 Å². The molecule has 6 heteroatoms. The van der Waals surface area contributed by atoms with Crippen LogP contribution in [0.5, 0.6) is 5.75 Å². The maximum Gasteiger partial charge on any atom is 0.341 e. The van der Waals surface area contributed by atoms with E-state index in [1.165, 1.54) is 6.20 Å². The number of carbonyl (C=O) groups excluding carboxylic acids is 1. The van der Waals surface area contributed by atoms with E-state index in [2.05, 4.69) is 10.3 Å². The van der Waals surface area contributed by atoms with Gasteiger partial charge in [-0.25, -0.2) is 4.79 Å². The van der Waals surface area contributed by atoms with Gasteiger partial charge in [-0.15, -0.1) is 12.4 Å². The average Bonchev–Trinajstić information content (AvgIpc) is 2.62. The number of methoxy groups -OCH3 is 1. The van der Waals surface area contributed by atoms with Gasteiger partial charge in [-0.3, -0.25) is 4.98 Å². The molecule has 3 rings (SSSR count). The third-order valence-electron chi connectivity index (χ3n) is 3.64. The number of nitrogens with one attached hydrogen (secondary N) is 1. The summed E-state index contributed by atoms with van der Waals surface area (Å²) in [7, 11) is 1.61. The van der Waals surface area contributed by atoms with E-state index in [9.17, 15) is 4.79 Å². The molecular formula is C19H19ClN2O3. The Kier molecular flexibility index (Phi) is 6.19. The molecule has 3 aromatic rings. The molecule has 0 saturated heterocycles. The molecule has 1 heterocycles. The molecule has 0 aliphatic rings. The molecule has 0 saturated carbocycles. The average molecular weight is 359 g/mol. The zero-order chi connectivity index (χ0) is 16.9. The number of rotatable bonds is 5. The Hall–Kier alpha value is -2.79. The number of pyridine rings is 1. The Morgan fingerprint density at radius 3 is 2.60 bits per heavy atom. The lowest BCUT2D eigenvalue weighted by Gasteiger charge is -2.16. The van der Waals surface area contributed by atoms with Gasteiger partial charge in [-0.2, -0.15) is 0 Å². The highest BCUT2D eigenvalue weighted by Crippen LogP contribution is 2.33. The first-order chi connectivity index (χ1) is 11.7. The zero-order valence-electron chi connectivity index (χ0n) is 14.0. The van der Waals surface area contributed by atoms with E-state index in [1.807, 2.05) is 48.5 Å². The van der Waals surface area contributed by atoms with Crippen molar-refractivity contribution in [1.29, 1.82) is 0 Å². The standard InChI is InChI=1S/C19H18N2O3.ClH/c1-3-24-19(22)14-12-20-15-9-5-4-8-13(15)18(14)21-16-10-6-7-11-17(16)23-2;/h4-12H,3H2,1-2H3,(H,20,21);1H. The minimum absolute atomic E-state index is 0. The van der Waals surface area contributed by atoms with E-state index < -0.39 is 5.97 Å². The number of anilines is 2. The second-order valence-corrected chi connectivity index (χ2v) is 5.11. The number of aromatic nitrogens is 1. The summed E-state index contributed by atoms with van der Waals surface area (Å²) in [4.78, 5) is 16.7. The number of hydrogen-bond acceptors (Lipinski definition) is 5. The molecule has 0 atom stereocenters. The van der Waals surface area contributed by atoms with Crippen LogP contribution in [0.2, 0.25) is 0 Å². The second-order valence-electron chi connectivity index (χ2n) is 5.11.